The number of nitrogens with one attached hydrogen (secondary N) is 1. The summed E-state index contributed by atoms with van der Waals surface area (Å²) >= 11 is 1.88. The Kier molecular flexibility index (Phi) is 3.94. The van der Waals surface area contributed by atoms with Crippen LogP contribution in [0.4, 0.5) is 0 Å². The summed E-state index contributed by atoms with van der Waals surface area (Å²) in [4.78, 5) is 14.0. The van der Waals surface area contributed by atoms with Crippen LogP contribution in [-0.2, 0) is 6.42 Å². The Hall–Kier alpha value is -0.800. The summed E-state index contributed by atoms with van der Waals surface area (Å²) in [5.74, 6) is 2.00. The van der Waals surface area contributed by atoms with Crippen LogP contribution >= 0.6 is 11.8 Å². The zero-order chi connectivity index (χ0) is 13.2. The van der Waals surface area contributed by atoms with Gasteiger partial charge in [0.05, 0.1) is 6.04 Å². The Bertz CT molecular complexity index is 482. The van der Waals surface area contributed by atoms with Crippen molar-refractivity contribution in [3.63, 3.8) is 0 Å². The number of likely N-dealkylation sites (N-methyl/N-ethyl adjacent to an activating group) is 1. The van der Waals surface area contributed by atoms with E-state index in [4.69, 9.17) is 0 Å². The van der Waals surface area contributed by atoms with Crippen molar-refractivity contribution in [2.75, 3.05) is 12.3 Å². The molecule has 19 heavy (non-hydrogen) atoms. The molecule has 1 heterocycles. The third-order valence-electron chi connectivity index (χ3n) is 4.31. The van der Waals surface area contributed by atoms with Crippen molar-refractivity contribution in [1.82, 2.24) is 5.32 Å². The highest BCUT2D eigenvalue weighted by Gasteiger charge is 2.32. The van der Waals surface area contributed by atoms with Crippen LogP contribution in [0.25, 0.3) is 0 Å². The second kappa shape index (κ2) is 5.68. The predicted molar refractivity (Wildman–Crippen MR) is 80.0 cm³/mol. The third-order valence-corrected chi connectivity index (χ3v) is 5.41. The van der Waals surface area contributed by atoms with Crippen LogP contribution in [-0.4, -0.2) is 24.1 Å². The Morgan fingerprint density at radius 3 is 3.00 bits per heavy atom. The van der Waals surface area contributed by atoms with Gasteiger partial charge < -0.3 is 5.32 Å². The monoisotopic (exact) mass is 275 g/mol. The quantitative estimate of drug-likeness (QED) is 0.836. The molecule has 1 aliphatic heterocycles. The fourth-order valence-corrected chi connectivity index (χ4v) is 4.07. The number of carbonyl (C=O) groups excluding carboxylic acids is 1. The number of hydrogen-bond donors (Lipinski definition) is 1. The maximum Gasteiger partial charge on any atom is 0.180 e. The second-order valence-corrected chi connectivity index (χ2v) is 6.65. The first-order valence-corrected chi connectivity index (χ1v) is 8.31. The molecule has 0 bridgehead atoms. The first kappa shape index (κ1) is 13.2. The van der Waals surface area contributed by atoms with Gasteiger partial charge in [-0.1, -0.05) is 25.5 Å². The highest BCUT2D eigenvalue weighted by atomic mass is 32.2. The van der Waals surface area contributed by atoms with Gasteiger partial charge >= 0.3 is 0 Å². The molecule has 0 saturated heterocycles. The van der Waals surface area contributed by atoms with Gasteiger partial charge in [-0.05, 0) is 43.4 Å². The molecule has 1 atom stereocenters. The van der Waals surface area contributed by atoms with Crippen molar-refractivity contribution in [2.45, 2.75) is 43.5 Å². The lowest BCUT2D eigenvalue weighted by Crippen LogP contribution is -2.45. The lowest BCUT2D eigenvalue weighted by atomic mass is 9.77. The van der Waals surface area contributed by atoms with E-state index in [-0.39, 0.29) is 6.04 Å². The number of carbonyl (C=O) groups is 1. The Morgan fingerprint density at radius 2 is 2.32 bits per heavy atom. The van der Waals surface area contributed by atoms with Gasteiger partial charge in [0, 0.05) is 16.2 Å². The highest BCUT2D eigenvalue weighted by molar-refractivity contribution is 7.99. The molecule has 2 nitrogen and oxygen atoms in total. The van der Waals surface area contributed by atoms with E-state index < -0.39 is 0 Å². The van der Waals surface area contributed by atoms with Crippen LogP contribution in [0.1, 0.15) is 42.1 Å². The fourth-order valence-electron chi connectivity index (χ4n) is 2.97. The molecule has 1 aliphatic carbocycles. The molecule has 3 rings (SSSR count). The van der Waals surface area contributed by atoms with E-state index >= 15 is 0 Å². The number of thioether (sulfide) groups is 1. The lowest BCUT2D eigenvalue weighted by Gasteiger charge is -2.33. The van der Waals surface area contributed by atoms with Gasteiger partial charge in [-0.25, -0.2) is 0 Å². The predicted octanol–water partition coefficient (Wildman–Crippen LogP) is 3.30. The molecule has 2 aliphatic rings. The van der Waals surface area contributed by atoms with E-state index in [0.29, 0.717) is 11.7 Å². The molecule has 1 N–H and O–H groups in total. The van der Waals surface area contributed by atoms with E-state index in [1.165, 1.54) is 29.7 Å². The fraction of sp³-hybridized carbons (Fsp3) is 0.562. The molecule has 0 radical (unpaired) electrons. The molecule has 0 spiro atoms. The van der Waals surface area contributed by atoms with Gasteiger partial charge in [0.2, 0.25) is 0 Å². The largest absolute Gasteiger partial charge is 0.307 e. The number of hydrogen-bond acceptors (Lipinski definition) is 3. The summed E-state index contributed by atoms with van der Waals surface area (Å²) in [7, 11) is 0. The van der Waals surface area contributed by atoms with Crippen molar-refractivity contribution in [3.8, 4) is 0 Å². The van der Waals surface area contributed by atoms with Crippen LogP contribution < -0.4 is 5.32 Å². The van der Waals surface area contributed by atoms with Crippen molar-refractivity contribution in [2.24, 2.45) is 5.92 Å². The Labute approximate surface area is 119 Å². The number of fused-ring (bicyclic) bond motifs is 1. The van der Waals surface area contributed by atoms with Gasteiger partial charge in [0.15, 0.2) is 5.78 Å². The number of benzene rings is 1. The number of aryl methyl sites for hydroxylation is 1. The minimum Gasteiger partial charge on any atom is -0.307 e. The van der Waals surface area contributed by atoms with E-state index in [0.717, 1.165) is 24.3 Å². The average Bonchev–Trinajstić information content (AvgIpc) is 2.82. The van der Waals surface area contributed by atoms with E-state index in [1.54, 1.807) is 0 Å². The van der Waals surface area contributed by atoms with Gasteiger partial charge in [-0.15, -0.1) is 11.8 Å². The Balaban J connectivity index is 1.81. The van der Waals surface area contributed by atoms with Gasteiger partial charge in [-0.2, -0.15) is 0 Å². The van der Waals surface area contributed by atoms with Crippen molar-refractivity contribution in [3.05, 3.63) is 29.3 Å². The first-order valence-electron chi connectivity index (χ1n) is 7.33. The van der Waals surface area contributed by atoms with Gasteiger partial charge in [0.1, 0.15) is 0 Å². The Morgan fingerprint density at radius 1 is 1.47 bits per heavy atom. The van der Waals surface area contributed by atoms with Crippen molar-refractivity contribution < 1.29 is 4.79 Å². The smallest absolute Gasteiger partial charge is 0.180 e. The van der Waals surface area contributed by atoms with E-state index in [2.05, 4.69) is 24.4 Å². The number of rotatable bonds is 5. The van der Waals surface area contributed by atoms with E-state index in [1.807, 2.05) is 17.8 Å². The summed E-state index contributed by atoms with van der Waals surface area (Å²) in [6, 6.07) is 6.31. The molecule has 0 aromatic heterocycles. The van der Waals surface area contributed by atoms with Crippen molar-refractivity contribution >= 4 is 17.5 Å². The minimum atomic E-state index is 0.0307. The second-order valence-electron chi connectivity index (χ2n) is 5.51. The zero-order valence-electron chi connectivity index (χ0n) is 11.4. The number of ketones is 1. The molecule has 1 fully saturated rings. The van der Waals surface area contributed by atoms with Crippen molar-refractivity contribution in [1.29, 1.82) is 0 Å². The van der Waals surface area contributed by atoms with Gasteiger partial charge in [-0.3, -0.25) is 4.79 Å². The molecular weight excluding hydrogens is 254 g/mol. The topological polar surface area (TPSA) is 29.1 Å². The zero-order valence-corrected chi connectivity index (χ0v) is 12.3. The van der Waals surface area contributed by atoms with Crippen LogP contribution in [0.2, 0.25) is 0 Å². The lowest BCUT2D eigenvalue weighted by molar-refractivity contribution is 0.0863. The summed E-state index contributed by atoms with van der Waals surface area (Å²) in [6.07, 6.45) is 4.82. The SMILES string of the molecule is CCNC(C(=O)c1ccc2c(c1)SCC2)C1CCC1. The molecule has 3 heteroatoms. The number of Topliss-reactive ketones (excluding diaryl/α,β-unsaturated/α-hetero) is 1. The molecule has 0 amide bonds. The van der Waals surface area contributed by atoms with Crippen LogP contribution in [0.3, 0.4) is 0 Å². The molecule has 102 valence electrons. The maximum atomic E-state index is 12.7. The molecule has 1 aromatic rings. The molecular formula is C16H21NOS. The average molecular weight is 275 g/mol. The standard InChI is InChI=1S/C16H21NOS/c1-2-17-15(12-4-3-5-12)16(18)13-7-6-11-8-9-19-14(11)10-13/h6-7,10,12,15,17H,2-5,8-9H2,1H3. The maximum absolute atomic E-state index is 12.7. The molecule has 1 aromatic carbocycles. The highest BCUT2D eigenvalue weighted by Crippen LogP contribution is 2.34. The first-order chi connectivity index (χ1) is 9.29. The van der Waals surface area contributed by atoms with Crippen LogP contribution in [0, 0.1) is 5.92 Å². The summed E-state index contributed by atoms with van der Waals surface area (Å²) in [5.41, 5.74) is 2.30. The minimum absolute atomic E-state index is 0.0307. The third kappa shape index (κ3) is 2.59. The summed E-state index contributed by atoms with van der Waals surface area (Å²) in [6.45, 7) is 2.95. The normalized spacial score (nSPS) is 19.8. The summed E-state index contributed by atoms with van der Waals surface area (Å²) in [5, 5.41) is 3.39. The van der Waals surface area contributed by atoms with E-state index in [9.17, 15) is 4.79 Å². The van der Waals surface area contributed by atoms with Gasteiger partial charge in [0.25, 0.3) is 0 Å². The molecule has 1 unspecified atom stereocenters. The summed E-state index contributed by atoms with van der Waals surface area (Å²) < 4.78 is 0. The van der Waals surface area contributed by atoms with Crippen LogP contribution in [0.5, 0.6) is 0 Å². The van der Waals surface area contributed by atoms with Crippen LogP contribution in [0.15, 0.2) is 23.1 Å². The molecule has 1 saturated carbocycles.